The molecule has 0 aliphatic carbocycles. The predicted octanol–water partition coefficient (Wildman–Crippen LogP) is 3.34. The van der Waals surface area contributed by atoms with Crippen LogP contribution in [0.15, 0.2) is 15.0 Å². The molecular formula is C9H8Br2O2. The van der Waals surface area contributed by atoms with Gasteiger partial charge in [-0.05, 0) is 34.5 Å². The first-order valence-electron chi connectivity index (χ1n) is 3.59. The van der Waals surface area contributed by atoms with Gasteiger partial charge >= 0.3 is 0 Å². The average molecular weight is 308 g/mol. The molecule has 0 N–H and O–H groups in total. The highest BCUT2D eigenvalue weighted by Gasteiger charge is 2.12. The van der Waals surface area contributed by atoms with Crippen LogP contribution in [0.1, 0.15) is 15.9 Å². The Kier molecular flexibility index (Phi) is 3.50. The molecule has 70 valence electrons. The number of aldehydes is 1. The van der Waals surface area contributed by atoms with Gasteiger partial charge in [0.2, 0.25) is 0 Å². The second kappa shape index (κ2) is 4.24. The minimum Gasteiger partial charge on any atom is -0.495 e. The van der Waals surface area contributed by atoms with Crippen molar-refractivity contribution in [1.82, 2.24) is 0 Å². The second-order valence-electron chi connectivity index (χ2n) is 2.55. The molecule has 13 heavy (non-hydrogen) atoms. The summed E-state index contributed by atoms with van der Waals surface area (Å²) in [6, 6.07) is 1.85. The molecule has 0 spiro atoms. The summed E-state index contributed by atoms with van der Waals surface area (Å²) in [6.45, 7) is 1.92. The maximum absolute atomic E-state index is 10.7. The van der Waals surface area contributed by atoms with Crippen molar-refractivity contribution in [2.75, 3.05) is 7.11 Å². The summed E-state index contributed by atoms with van der Waals surface area (Å²) < 4.78 is 6.61. The van der Waals surface area contributed by atoms with Crippen LogP contribution in [-0.2, 0) is 0 Å². The molecule has 1 aromatic carbocycles. The molecule has 0 bridgehead atoms. The molecule has 0 aliphatic heterocycles. The van der Waals surface area contributed by atoms with Crippen LogP contribution in [0.25, 0.3) is 0 Å². The molecule has 0 atom stereocenters. The van der Waals surface area contributed by atoms with E-state index < -0.39 is 0 Å². The molecule has 0 heterocycles. The highest BCUT2D eigenvalue weighted by atomic mass is 79.9. The van der Waals surface area contributed by atoms with Gasteiger partial charge in [0, 0.05) is 10.0 Å². The number of carbonyl (C=O) groups is 1. The van der Waals surface area contributed by atoms with E-state index >= 15 is 0 Å². The molecule has 0 aliphatic rings. The van der Waals surface area contributed by atoms with Crippen LogP contribution >= 0.6 is 31.9 Å². The van der Waals surface area contributed by atoms with Gasteiger partial charge in [0.1, 0.15) is 5.75 Å². The van der Waals surface area contributed by atoms with E-state index in [0.717, 1.165) is 16.3 Å². The molecule has 0 saturated heterocycles. The molecule has 0 amide bonds. The lowest BCUT2D eigenvalue weighted by Crippen LogP contribution is -1.94. The molecule has 0 aromatic heterocycles. The van der Waals surface area contributed by atoms with Gasteiger partial charge in [-0.2, -0.15) is 0 Å². The summed E-state index contributed by atoms with van der Waals surface area (Å²) in [4.78, 5) is 10.7. The van der Waals surface area contributed by atoms with Crippen molar-refractivity contribution in [1.29, 1.82) is 0 Å². The molecule has 0 unspecified atom stereocenters. The highest BCUT2D eigenvalue weighted by molar-refractivity contribution is 9.11. The van der Waals surface area contributed by atoms with Crippen molar-refractivity contribution in [3.63, 3.8) is 0 Å². The smallest absolute Gasteiger partial charge is 0.152 e. The first kappa shape index (κ1) is 10.7. The zero-order valence-electron chi connectivity index (χ0n) is 7.23. The molecule has 0 saturated carbocycles. The summed E-state index contributed by atoms with van der Waals surface area (Å²) in [5.74, 6) is 0.699. The van der Waals surface area contributed by atoms with Crippen molar-refractivity contribution >= 4 is 38.1 Å². The lowest BCUT2D eigenvalue weighted by Gasteiger charge is -2.10. The molecular weight excluding hydrogens is 300 g/mol. The van der Waals surface area contributed by atoms with E-state index in [1.54, 1.807) is 7.11 Å². The van der Waals surface area contributed by atoms with Crippen molar-refractivity contribution in [3.05, 3.63) is 26.1 Å². The Morgan fingerprint density at radius 2 is 2.08 bits per heavy atom. The molecule has 0 radical (unpaired) electrons. The topological polar surface area (TPSA) is 26.3 Å². The predicted molar refractivity (Wildman–Crippen MR) is 58.5 cm³/mol. The van der Waals surface area contributed by atoms with E-state index in [-0.39, 0.29) is 0 Å². The maximum Gasteiger partial charge on any atom is 0.152 e. The van der Waals surface area contributed by atoms with Gasteiger partial charge < -0.3 is 4.74 Å². The molecule has 1 aromatic rings. The van der Waals surface area contributed by atoms with E-state index in [1.807, 2.05) is 13.0 Å². The summed E-state index contributed by atoms with van der Waals surface area (Å²) in [5.41, 5.74) is 1.55. The maximum atomic E-state index is 10.7. The Morgan fingerprint density at radius 3 is 2.54 bits per heavy atom. The summed E-state index contributed by atoms with van der Waals surface area (Å²) in [5, 5.41) is 0. The van der Waals surface area contributed by atoms with E-state index in [1.165, 1.54) is 0 Å². The van der Waals surface area contributed by atoms with Crippen molar-refractivity contribution in [2.24, 2.45) is 0 Å². The van der Waals surface area contributed by atoms with Crippen LogP contribution < -0.4 is 4.74 Å². The quantitative estimate of drug-likeness (QED) is 0.783. The third kappa shape index (κ3) is 1.94. The van der Waals surface area contributed by atoms with E-state index in [2.05, 4.69) is 31.9 Å². The van der Waals surface area contributed by atoms with Crippen LogP contribution in [0.5, 0.6) is 5.75 Å². The number of hydrogen-bond donors (Lipinski definition) is 0. The first-order chi connectivity index (χ1) is 6.11. The van der Waals surface area contributed by atoms with E-state index in [4.69, 9.17) is 4.74 Å². The fraction of sp³-hybridized carbons (Fsp3) is 0.222. The number of hydrogen-bond acceptors (Lipinski definition) is 2. The van der Waals surface area contributed by atoms with Crippen LogP contribution in [0.4, 0.5) is 0 Å². The third-order valence-corrected chi connectivity index (χ3v) is 3.16. The van der Waals surface area contributed by atoms with Crippen LogP contribution in [0, 0.1) is 6.92 Å². The van der Waals surface area contributed by atoms with Crippen molar-refractivity contribution in [2.45, 2.75) is 6.92 Å². The standard InChI is InChI=1S/C9H8Br2O2/c1-5-3-7(10)6(4-12)8(11)9(5)13-2/h3-4H,1-2H3. The highest BCUT2D eigenvalue weighted by Crippen LogP contribution is 2.35. The SMILES string of the molecule is COc1c(C)cc(Br)c(C=O)c1Br. The normalized spacial score (nSPS) is 9.85. The van der Waals surface area contributed by atoms with Gasteiger partial charge in [0.05, 0.1) is 11.6 Å². The Balaban J connectivity index is 3.47. The lowest BCUT2D eigenvalue weighted by atomic mass is 10.1. The Labute approximate surface area is 93.5 Å². The number of halogens is 2. The van der Waals surface area contributed by atoms with Crippen molar-refractivity contribution in [3.8, 4) is 5.75 Å². The minimum absolute atomic E-state index is 0.572. The van der Waals surface area contributed by atoms with E-state index in [9.17, 15) is 4.79 Å². The number of rotatable bonds is 2. The Morgan fingerprint density at radius 1 is 1.46 bits per heavy atom. The van der Waals surface area contributed by atoms with Crippen molar-refractivity contribution < 1.29 is 9.53 Å². The average Bonchev–Trinajstić information content (AvgIpc) is 2.04. The molecule has 0 fully saturated rings. The lowest BCUT2D eigenvalue weighted by molar-refractivity contribution is 0.112. The molecule has 4 heteroatoms. The minimum atomic E-state index is 0.572. The van der Waals surface area contributed by atoms with E-state index in [0.29, 0.717) is 15.8 Å². The van der Waals surface area contributed by atoms with Gasteiger partial charge in [-0.3, -0.25) is 4.79 Å². The van der Waals surface area contributed by atoms with Gasteiger partial charge in [0.25, 0.3) is 0 Å². The van der Waals surface area contributed by atoms with Crippen LogP contribution in [0.3, 0.4) is 0 Å². The third-order valence-electron chi connectivity index (χ3n) is 1.72. The number of ether oxygens (including phenoxy) is 1. The zero-order chi connectivity index (χ0) is 10.0. The Bertz CT molecular complexity index is 348. The van der Waals surface area contributed by atoms with Gasteiger partial charge in [0.15, 0.2) is 6.29 Å². The summed E-state index contributed by atoms with van der Waals surface area (Å²) in [7, 11) is 1.58. The van der Waals surface area contributed by atoms with Crippen LogP contribution in [0.2, 0.25) is 0 Å². The first-order valence-corrected chi connectivity index (χ1v) is 5.18. The molecule has 1 rings (SSSR count). The number of aryl methyl sites for hydroxylation is 1. The number of benzene rings is 1. The summed E-state index contributed by atoms with van der Waals surface area (Å²) in [6.07, 6.45) is 0.788. The number of carbonyl (C=O) groups excluding carboxylic acids is 1. The number of methoxy groups -OCH3 is 1. The fourth-order valence-electron chi connectivity index (χ4n) is 1.09. The van der Waals surface area contributed by atoms with Gasteiger partial charge in [-0.1, -0.05) is 15.9 Å². The van der Waals surface area contributed by atoms with Crippen LogP contribution in [-0.4, -0.2) is 13.4 Å². The fourth-order valence-corrected chi connectivity index (χ4v) is 2.78. The largest absolute Gasteiger partial charge is 0.495 e. The Hall–Kier alpha value is -0.350. The molecule has 2 nitrogen and oxygen atoms in total. The summed E-state index contributed by atoms with van der Waals surface area (Å²) >= 11 is 6.62. The second-order valence-corrected chi connectivity index (χ2v) is 4.20. The monoisotopic (exact) mass is 306 g/mol. The van der Waals surface area contributed by atoms with Gasteiger partial charge in [-0.25, -0.2) is 0 Å². The van der Waals surface area contributed by atoms with Gasteiger partial charge in [-0.15, -0.1) is 0 Å². The zero-order valence-corrected chi connectivity index (χ0v) is 10.4.